The van der Waals surface area contributed by atoms with Gasteiger partial charge in [0.05, 0.1) is 25.3 Å². The SMILES string of the molecule is COc1cccc(OC)c1C(c1nnnn1C(C)(C)C)N1CCc2ccccc2C1. The summed E-state index contributed by atoms with van der Waals surface area (Å²) in [5.41, 5.74) is 3.41. The molecule has 30 heavy (non-hydrogen) atoms. The van der Waals surface area contributed by atoms with Gasteiger partial charge in [-0.1, -0.05) is 30.3 Å². The van der Waals surface area contributed by atoms with Crippen molar-refractivity contribution in [3.05, 3.63) is 65.0 Å². The number of ether oxygens (including phenoxy) is 2. The molecule has 1 atom stereocenters. The van der Waals surface area contributed by atoms with E-state index in [9.17, 15) is 0 Å². The fourth-order valence-corrected chi connectivity index (χ4v) is 4.20. The Morgan fingerprint density at radius 2 is 1.60 bits per heavy atom. The van der Waals surface area contributed by atoms with Crippen molar-refractivity contribution < 1.29 is 9.47 Å². The van der Waals surface area contributed by atoms with Crippen molar-refractivity contribution in [2.45, 2.75) is 45.3 Å². The van der Waals surface area contributed by atoms with Crippen LogP contribution in [0.3, 0.4) is 0 Å². The van der Waals surface area contributed by atoms with E-state index < -0.39 is 0 Å². The summed E-state index contributed by atoms with van der Waals surface area (Å²) in [5.74, 6) is 2.31. The van der Waals surface area contributed by atoms with Crippen molar-refractivity contribution in [2.75, 3.05) is 20.8 Å². The Morgan fingerprint density at radius 3 is 2.23 bits per heavy atom. The van der Waals surface area contributed by atoms with E-state index in [1.165, 1.54) is 11.1 Å². The zero-order valence-corrected chi connectivity index (χ0v) is 18.3. The first-order valence-electron chi connectivity index (χ1n) is 10.2. The topological polar surface area (TPSA) is 65.3 Å². The van der Waals surface area contributed by atoms with Crippen LogP contribution in [0.15, 0.2) is 42.5 Å². The van der Waals surface area contributed by atoms with Crippen LogP contribution in [0.2, 0.25) is 0 Å². The summed E-state index contributed by atoms with van der Waals surface area (Å²) >= 11 is 0. The molecule has 0 bridgehead atoms. The van der Waals surface area contributed by atoms with Gasteiger partial charge in [-0.15, -0.1) is 5.10 Å². The van der Waals surface area contributed by atoms with Gasteiger partial charge in [-0.25, -0.2) is 4.68 Å². The molecule has 0 amide bonds. The van der Waals surface area contributed by atoms with Crippen LogP contribution >= 0.6 is 0 Å². The minimum absolute atomic E-state index is 0.210. The van der Waals surface area contributed by atoms with E-state index >= 15 is 0 Å². The number of hydrogen-bond acceptors (Lipinski definition) is 6. The van der Waals surface area contributed by atoms with Crippen LogP contribution in [0, 0.1) is 0 Å². The van der Waals surface area contributed by atoms with Crippen molar-refractivity contribution in [2.24, 2.45) is 0 Å². The second-order valence-electron chi connectivity index (χ2n) is 8.59. The second-order valence-corrected chi connectivity index (χ2v) is 8.59. The third kappa shape index (κ3) is 3.65. The van der Waals surface area contributed by atoms with Gasteiger partial charge in [-0.2, -0.15) is 0 Å². The molecule has 0 spiro atoms. The van der Waals surface area contributed by atoms with E-state index in [-0.39, 0.29) is 11.6 Å². The molecular formula is C23H29N5O2. The van der Waals surface area contributed by atoms with Crippen LogP contribution in [-0.2, 0) is 18.5 Å². The van der Waals surface area contributed by atoms with Crippen molar-refractivity contribution in [1.82, 2.24) is 25.1 Å². The van der Waals surface area contributed by atoms with E-state index in [1.54, 1.807) is 14.2 Å². The fourth-order valence-electron chi connectivity index (χ4n) is 4.20. The maximum Gasteiger partial charge on any atom is 0.173 e. The lowest BCUT2D eigenvalue weighted by molar-refractivity contribution is 0.179. The third-order valence-electron chi connectivity index (χ3n) is 5.64. The molecule has 1 aliphatic rings. The Labute approximate surface area is 177 Å². The van der Waals surface area contributed by atoms with Gasteiger partial charge in [0.25, 0.3) is 0 Å². The smallest absolute Gasteiger partial charge is 0.173 e. The van der Waals surface area contributed by atoms with Crippen LogP contribution in [-0.4, -0.2) is 45.9 Å². The first-order chi connectivity index (χ1) is 14.4. The van der Waals surface area contributed by atoms with Gasteiger partial charge >= 0.3 is 0 Å². The van der Waals surface area contributed by atoms with E-state index in [1.807, 2.05) is 22.9 Å². The van der Waals surface area contributed by atoms with E-state index in [0.717, 1.165) is 42.4 Å². The highest BCUT2D eigenvalue weighted by molar-refractivity contribution is 5.49. The molecule has 2 heterocycles. The highest BCUT2D eigenvalue weighted by Gasteiger charge is 2.36. The molecule has 0 saturated carbocycles. The van der Waals surface area contributed by atoms with Gasteiger partial charge in [0, 0.05) is 13.1 Å². The molecule has 7 nitrogen and oxygen atoms in total. The molecule has 0 radical (unpaired) electrons. The maximum atomic E-state index is 5.77. The lowest BCUT2D eigenvalue weighted by Crippen LogP contribution is -2.38. The monoisotopic (exact) mass is 407 g/mol. The quantitative estimate of drug-likeness (QED) is 0.644. The highest BCUT2D eigenvalue weighted by Crippen LogP contribution is 2.42. The van der Waals surface area contributed by atoms with Crippen molar-refractivity contribution in [1.29, 1.82) is 0 Å². The van der Waals surface area contributed by atoms with Gasteiger partial charge in [-0.05, 0) is 60.9 Å². The second kappa shape index (κ2) is 8.07. The van der Waals surface area contributed by atoms with Crippen molar-refractivity contribution in [3.8, 4) is 11.5 Å². The normalized spacial score (nSPS) is 15.5. The van der Waals surface area contributed by atoms with Gasteiger partial charge in [0.15, 0.2) is 5.82 Å². The Kier molecular flexibility index (Phi) is 5.47. The van der Waals surface area contributed by atoms with Crippen LogP contribution in [0.25, 0.3) is 0 Å². The molecular weight excluding hydrogens is 378 g/mol. The minimum Gasteiger partial charge on any atom is -0.496 e. The third-order valence-corrected chi connectivity index (χ3v) is 5.64. The Hall–Kier alpha value is -2.93. The minimum atomic E-state index is -0.264. The van der Waals surface area contributed by atoms with Gasteiger partial charge in [0.2, 0.25) is 0 Å². The molecule has 2 aromatic carbocycles. The number of methoxy groups -OCH3 is 2. The van der Waals surface area contributed by atoms with Crippen molar-refractivity contribution >= 4 is 0 Å². The molecule has 4 rings (SSSR count). The first-order valence-corrected chi connectivity index (χ1v) is 10.2. The average Bonchev–Trinajstić information content (AvgIpc) is 3.24. The van der Waals surface area contributed by atoms with Crippen LogP contribution in [0.5, 0.6) is 11.5 Å². The summed E-state index contributed by atoms with van der Waals surface area (Å²) in [6.45, 7) is 8.01. The number of benzene rings is 2. The molecule has 1 aliphatic heterocycles. The van der Waals surface area contributed by atoms with Gasteiger partial charge in [-0.3, -0.25) is 4.90 Å². The molecule has 0 saturated heterocycles. The summed E-state index contributed by atoms with van der Waals surface area (Å²) in [4.78, 5) is 2.41. The standard InChI is InChI=1S/C23H29N5O2/c1-23(2,3)28-22(24-25-26-28)21(20-18(29-4)11-8-12-19(20)30-5)27-14-13-16-9-6-7-10-17(16)15-27/h6-12,21H,13-15H2,1-5H3. The maximum absolute atomic E-state index is 5.77. The zero-order valence-electron chi connectivity index (χ0n) is 18.3. The number of fused-ring (bicyclic) bond motifs is 1. The number of tetrazole rings is 1. The molecule has 1 unspecified atom stereocenters. The van der Waals surface area contributed by atoms with Crippen molar-refractivity contribution in [3.63, 3.8) is 0 Å². The summed E-state index contributed by atoms with van der Waals surface area (Å²) in [6.07, 6.45) is 0.973. The molecule has 0 aliphatic carbocycles. The summed E-state index contributed by atoms with van der Waals surface area (Å²) in [6, 6.07) is 14.3. The van der Waals surface area contributed by atoms with E-state index in [4.69, 9.17) is 9.47 Å². The zero-order chi connectivity index (χ0) is 21.3. The average molecular weight is 408 g/mol. The fraction of sp³-hybridized carbons (Fsp3) is 0.435. The number of rotatable bonds is 5. The molecule has 158 valence electrons. The number of nitrogens with zero attached hydrogens (tertiary/aromatic N) is 5. The predicted octanol–water partition coefficient (Wildman–Crippen LogP) is 3.59. The Morgan fingerprint density at radius 1 is 0.933 bits per heavy atom. The Balaban J connectivity index is 1.89. The largest absolute Gasteiger partial charge is 0.496 e. The highest BCUT2D eigenvalue weighted by atomic mass is 16.5. The number of hydrogen-bond donors (Lipinski definition) is 0. The molecule has 1 aromatic heterocycles. The van der Waals surface area contributed by atoms with Crippen LogP contribution in [0.4, 0.5) is 0 Å². The molecule has 3 aromatic rings. The van der Waals surface area contributed by atoms with E-state index in [0.29, 0.717) is 0 Å². The molecule has 7 heteroatoms. The Bertz CT molecular complexity index is 1000. The van der Waals surface area contributed by atoms with Gasteiger partial charge in [0.1, 0.15) is 17.5 Å². The molecule has 0 N–H and O–H groups in total. The van der Waals surface area contributed by atoms with Crippen LogP contribution in [0.1, 0.15) is 49.3 Å². The summed E-state index contributed by atoms with van der Waals surface area (Å²) in [7, 11) is 3.38. The first kappa shape index (κ1) is 20.3. The number of aromatic nitrogens is 4. The lowest BCUT2D eigenvalue weighted by atomic mass is 9.94. The van der Waals surface area contributed by atoms with Crippen LogP contribution < -0.4 is 9.47 Å². The predicted molar refractivity (Wildman–Crippen MR) is 115 cm³/mol. The summed E-state index contributed by atoms with van der Waals surface area (Å²) < 4.78 is 13.4. The summed E-state index contributed by atoms with van der Waals surface area (Å²) in [5, 5.41) is 12.9. The molecule has 0 fully saturated rings. The van der Waals surface area contributed by atoms with Gasteiger partial charge < -0.3 is 9.47 Å². The lowest BCUT2D eigenvalue weighted by Gasteiger charge is -2.37. The van der Waals surface area contributed by atoms with E-state index in [2.05, 4.69) is 65.5 Å².